The molecular formula is C96H108F4N8O12S8. The third-order valence-corrected chi connectivity index (χ3v) is 36.3. The lowest BCUT2D eigenvalue weighted by atomic mass is 9.97. The summed E-state index contributed by atoms with van der Waals surface area (Å²) in [6.45, 7) is 19.0. The van der Waals surface area contributed by atoms with Crippen LogP contribution in [0.25, 0.3) is 0 Å². The van der Waals surface area contributed by atoms with Crippen LogP contribution >= 0.6 is 45.3 Å². The number of aliphatic hydroxyl groups is 4. The monoisotopic (exact) mass is 1900 g/mol. The van der Waals surface area contributed by atoms with E-state index >= 15 is 0 Å². The Hall–Kier alpha value is -9.04. The van der Waals surface area contributed by atoms with Crippen LogP contribution in [-0.2, 0) is 88.2 Å². The molecule has 4 aliphatic heterocycles. The molecule has 8 heterocycles. The van der Waals surface area contributed by atoms with Crippen molar-refractivity contribution in [3.8, 4) is 0 Å². The smallest absolute Gasteiger partial charge is 0.252 e. The first-order valence-electron chi connectivity index (χ1n) is 42.1. The number of anilines is 4. The van der Waals surface area contributed by atoms with E-state index < -0.39 is 62.5 Å². The predicted octanol–water partition coefficient (Wildman–Crippen LogP) is 16.9. The molecular weight excluding hydrogens is 1790 g/mol. The van der Waals surface area contributed by atoms with Gasteiger partial charge in [-0.15, -0.1) is 45.3 Å². The fourth-order valence-corrected chi connectivity index (χ4v) is 26.7. The number of piperazine rings is 4. The van der Waals surface area contributed by atoms with Crippen LogP contribution in [0.3, 0.4) is 0 Å². The molecule has 4 aromatic heterocycles. The van der Waals surface area contributed by atoms with E-state index in [1.807, 2.05) is 97.1 Å². The molecule has 0 radical (unpaired) electrons. The van der Waals surface area contributed by atoms with Crippen molar-refractivity contribution < 1.29 is 71.7 Å². The first kappa shape index (κ1) is 96.5. The maximum atomic E-state index is 13.4. The number of rotatable bonds is 24. The van der Waals surface area contributed by atoms with Crippen LogP contribution in [0, 0.1) is 23.3 Å². The van der Waals surface area contributed by atoms with Gasteiger partial charge >= 0.3 is 0 Å². The second-order valence-corrected chi connectivity index (χ2v) is 46.8. The number of nitrogens with zero attached hydrogens (tertiary/aromatic N) is 8. The molecule has 4 N–H and O–H groups in total. The van der Waals surface area contributed by atoms with Crippen LogP contribution in [0.1, 0.15) is 99.9 Å². The Labute approximate surface area is 765 Å². The quantitative estimate of drug-likeness (QED) is 0.0411. The van der Waals surface area contributed by atoms with Gasteiger partial charge in [0, 0.05) is 125 Å². The third-order valence-electron chi connectivity index (χ3n) is 23.3. The second-order valence-electron chi connectivity index (χ2n) is 34.3. The number of hydrogen-bond donors (Lipinski definition) is 4. The molecule has 20 nitrogen and oxygen atoms in total. The Kier molecular flexibility index (Phi) is 30.7. The molecule has 4 atom stereocenters. The van der Waals surface area contributed by atoms with Crippen molar-refractivity contribution >= 4 is 108 Å². The van der Waals surface area contributed by atoms with Crippen molar-refractivity contribution in [1.82, 2.24) is 17.2 Å². The molecule has 0 aliphatic carbocycles. The van der Waals surface area contributed by atoms with Gasteiger partial charge in [0.25, 0.3) is 40.1 Å². The van der Waals surface area contributed by atoms with Crippen LogP contribution in [0.2, 0.25) is 0 Å². The molecule has 4 fully saturated rings. The van der Waals surface area contributed by atoms with E-state index in [9.17, 15) is 71.7 Å². The molecule has 0 unspecified atom stereocenters. The maximum Gasteiger partial charge on any atom is 0.252 e. The lowest BCUT2D eigenvalue weighted by Gasteiger charge is -2.42. The minimum absolute atomic E-state index is 0.114. The van der Waals surface area contributed by atoms with Gasteiger partial charge < -0.3 is 40.0 Å². The van der Waals surface area contributed by atoms with Crippen molar-refractivity contribution in [2.45, 2.75) is 144 Å². The lowest BCUT2D eigenvalue weighted by Crippen LogP contribution is -2.55. The third kappa shape index (κ3) is 24.2. The van der Waals surface area contributed by atoms with Crippen molar-refractivity contribution in [2.75, 3.05) is 98.1 Å². The number of sulfonamides is 4. The zero-order valence-electron chi connectivity index (χ0n) is 72.4. The first-order chi connectivity index (χ1) is 60.6. The lowest BCUT2D eigenvalue weighted by molar-refractivity contribution is 0.0780. The van der Waals surface area contributed by atoms with Crippen molar-refractivity contribution in [3.05, 3.63) is 332 Å². The van der Waals surface area contributed by atoms with E-state index in [-0.39, 0.29) is 47.4 Å². The second kappa shape index (κ2) is 40.8. The summed E-state index contributed by atoms with van der Waals surface area (Å²) < 4.78 is 166. The van der Waals surface area contributed by atoms with Gasteiger partial charge in [-0.1, -0.05) is 121 Å². The summed E-state index contributed by atoms with van der Waals surface area (Å²) in [6.07, 6.45) is 2.35. The van der Waals surface area contributed by atoms with Crippen LogP contribution in [0.5, 0.6) is 0 Å². The molecule has 8 aromatic carbocycles. The van der Waals surface area contributed by atoms with Crippen LogP contribution in [0.4, 0.5) is 40.3 Å². The molecule has 12 aromatic rings. The summed E-state index contributed by atoms with van der Waals surface area (Å²) in [5, 5.41) is 48.1. The van der Waals surface area contributed by atoms with Gasteiger partial charge in [-0.25, -0.2) is 51.2 Å². The molecule has 32 heteroatoms. The van der Waals surface area contributed by atoms with E-state index in [1.54, 1.807) is 191 Å². The highest BCUT2D eigenvalue weighted by molar-refractivity contribution is 7.92. The Morgan fingerprint density at radius 2 is 0.438 bits per heavy atom. The van der Waals surface area contributed by atoms with Crippen LogP contribution < -0.4 is 19.6 Å². The first-order valence-corrected chi connectivity index (χ1v) is 51.4. The summed E-state index contributed by atoms with van der Waals surface area (Å²) in [5.41, 5.74) is 7.21. The van der Waals surface area contributed by atoms with Crippen LogP contribution in [-0.4, -0.2) is 174 Å². The summed E-state index contributed by atoms with van der Waals surface area (Å²) in [5.74, 6) is -1.17. The number of thiophene rings is 4. The molecule has 16 rings (SSSR count). The highest BCUT2D eigenvalue weighted by atomic mass is 32.3. The average molecular weight is 1900 g/mol. The minimum Gasteiger partial charge on any atom is -0.386 e. The number of benzene rings is 8. The molecule has 4 saturated heterocycles. The SMILES string of the molecule is CC(C)(O)c1ccc(N2CCN(S(=O)(=O)c3cccs3)C[C@@H]2Cc2ccc(F)cc2)cc1.CC(C)(O)c1ccc(N2CCN(S(=O)(=O)c3cccs3)C[C@@H]2Cc2ccc(F)cc2)cc1.CC(C)(O)c1ccc(N2CCN(S(=O)(=O)c3cccs3)C[C@H]2Cc2ccc(F)cc2)cc1.CC(C)(O)c1ccc(N2CCN(S(=O)(=O)c3cccs3)C[C@H]2Cc2ccc(F)cc2)cc1. The topological polar surface area (TPSA) is 243 Å². The minimum atomic E-state index is -3.55. The van der Waals surface area contributed by atoms with Gasteiger partial charge in [-0.2, -0.15) is 17.2 Å². The Morgan fingerprint density at radius 1 is 0.266 bits per heavy atom. The Bertz CT molecular complexity index is 5310. The largest absolute Gasteiger partial charge is 0.386 e. The van der Waals surface area contributed by atoms with Crippen molar-refractivity contribution in [1.29, 1.82) is 0 Å². The normalized spacial score (nSPS) is 18.1. The van der Waals surface area contributed by atoms with Crippen molar-refractivity contribution in [2.24, 2.45) is 0 Å². The average Bonchev–Trinajstić information content (AvgIpc) is 1.13. The number of hydrogen-bond acceptors (Lipinski definition) is 20. The summed E-state index contributed by atoms with van der Waals surface area (Å²) in [4.78, 5) is 8.83. The van der Waals surface area contributed by atoms with Crippen LogP contribution in [0.15, 0.2) is 281 Å². The Balaban J connectivity index is 0.000000146. The molecule has 0 saturated carbocycles. The van der Waals surface area contributed by atoms with Gasteiger partial charge in [-0.3, -0.25) is 0 Å². The van der Waals surface area contributed by atoms with Gasteiger partial charge in [0.15, 0.2) is 0 Å². The van der Waals surface area contributed by atoms with Gasteiger partial charge in [-0.05, 0) is 268 Å². The standard InChI is InChI=1S/4C24H27FN2O3S2/c4*1-24(2,28)19-7-11-21(12-8-19)27-14-13-26(32(29,30)23-4-3-15-31-23)17-22(27)16-18-5-9-20(25)10-6-18/h4*3-12,15,22,28H,13-14,16-17H2,1-2H3/t4*22-/m1100/s1. The van der Waals surface area contributed by atoms with E-state index in [1.165, 1.54) is 93.9 Å². The van der Waals surface area contributed by atoms with Gasteiger partial charge in [0.05, 0.1) is 22.4 Å². The van der Waals surface area contributed by atoms with Crippen molar-refractivity contribution in [3.63, 3.8) is 0 Å². The molecule has 4 aliphatic rings. The molecule has 0 spiro atoms. The summed E-state index contributed by atoms with van der Waals surface area (Å²) in [6, 6.07) is 69.4. The molecule has 680 valence electrons. The van der Waals surface area contributed by atoms with Gasteiger partial charge in [0.1, 0.15) is 40.1 Å². The number of halogens is 4. The van der Waals surface area contributed by atoms with E-state index in [0.29, 0.717) is 121 Å². The fourth-order valence-electron chi connectivity index (χ4n) is 16.2. The van der Waals surface area contributed by atoms with E-state index in [4.69, 9.17) is 0 Å². The zero-order chi connectivity index (χ0) is 91.7. The van der Waals surface area contributed by atoms with E-state index in [0.717, 1.165) is 67.3 Å². The summed E-state index contributed by atoms with van der Waals surface area (Å²) >= 11 is 4.89. The van der Waals surface area contributed by atoms with E-state index in [2.05, 4.69) is 19.6 Å². The zero-order valence-corrected chi connectivity index (χ0v) is 79.0. The summed E-state index contributed by atoms with van der Waals surface area (Å²) in [7, 11) is -14.2. The maximum absolute atomic E-state index is 13.4. The van der Waals surface area contributed by atoms with Gasteiger partial charge in [0.2, 0.25) is 0 Å². The Morgan fingerprint density at radius 3 is 0.586 bits per heavy atom. The highest BCUT2D eigenvalue weighted by Crippen LogP contribution is 2.37. The fraction of sp³-hybridized carbons (Fsp3) is 0.333. The molecule has 0 amide bonds. The molecule has 0 bridgehead atoms. The molecule has 128 heavy (non-hydrogen) atoms. The predicted molar refractivity (Wildman–Crippen MR) is 504 cm³/mol. The highest BCUT2D eigenvalue weighted by Gasteiger charge is 2.41.